The van der Waals surface area contributed by atoms with Gasteiger partial charge < -0.3 is 19.5 Å². The Morgan fingerprint density at radius 2 is 2.03 bits per heavy atom. The topological polar surface area (TPSA) is 63.0 Å². The molecule has 1 fully saturated rings. The Kier molecular flexibility index (Phi) is 7.91. The molecule has 1 unspecified atom stereocenters. The number of hydrogen-bond acceptors (Lipinski definition) is 6. The summed E-state index contributed by atoms with van der Waals surface area (Å²) in [5, 5.41) is 14.7. The maximum absolute atomic E-state index is 10.4. The van der Waals surface area contributed by atoms with Crippen molar-refractivity contribution in [1.82, 2.24) is 19.6 Å². The number of nitrogens with zero attached hydrogens (tertiary/aromatic N) is 4. The van der Waals surface area contributed by atoms with E-state index in [1.165, 1.54) is 18.4 Å². The van der Waals surface area contributed by atoms with Crippen molar-refractivity contribution in [2.24, 2.45) is 7.05 Å². The molecule has 2 aromatic rings. The Morgan fingerprint density at radius 1 is 1.24 bits per heavy atom. The number of aryl methyl sites for hydroxylation is 1. The monoisotopic (exact) mass is 402 g/mol. The van der Waals surface area contributed by atoms with E-state index in [1.54, 1.807) is 7.11 Å². The zero-order chi connectivity index (χ0) is 20.6. The number of methoxy groups -OCH3 is 1. The second kappa shape index (κ2) is 10.6. The van der Waals surface area contributed by atoms with Crippen molar-refractivity contribution in [2.45, 2.75) is 39.0 Å². The number of benzene rings is 1. The van der Waals surface area contributed by atoms with Crippen LogP contribution in [0.5, 0.6) is 11.5 Å². The number of β-amino-alcohol motifs (C(OH)–C–C–N with tert-alkyl or cyclic N) is 1. The van der Waals surface area contributed by atoms with Gasteiger partial charge in [-0.25, -0.2) is 0 Å². The van der Waals surface area contributed by atoms with E-state index in [-0.39, 0.29) is 6.61 Å². The molecule has 0 saturated carbocycles. The zero-order valence-corrected chi connectivity index (χ0v) is 17.9. The van der Waals surface area contributed by atoms with Gasteiger partial charge in [0.2, 0.25) is 0 Å². The van der Waals surface area contributed by atoms with Gasteiger partial charge in [0, 0.05) is 50.1 Å². The predicted octanol–water partition coefficient (Wildman–Crippen LogP) is 2.29. The van der Waals surface area contributed by atoms with Crippen LogP contribution >= 0.6 is 0 Å². The summed E-state index contributed by atoms with van der Waals surface area (Å²) in [6.07, 6.45) is 5.89. The van der Waals surface area contributed by atoms with Gasteiger partial charge in [-0.05, 0) is 38.5 Å². The Balaban J connectivity index is 1.63. The molecule has 160 valence electrons. The van der Waals surface area contributed by atoms with Crippen molar-refractivity contribution in [2.75, 3.05) is 39.9 Å². The second-order valence-electron chi connectivity index (χ2n) is 7.77. The predicted molar refractivity (Wildman–Crippen MR) is 113 cm³/mol. The standard InChI is InChI=1S/C22H34N4O3/c1-4-25(14-18-12-23-24(2)13-18)15-19-7-8-21(28-3)11-22(19)29-17-20(27)16-26-9-5-6-10-26/h7-8,11-13,20,27H,4-6,9-10,14-17H2,1-3H3. The van der Waals surface area contributed by atoms with Gasteiger partial charge in [-0.15, -0.1) is 0 Å². The molecule has 1 aliphatic rings. The van der Waals surface area contributed by atoms with Gasteiger partial charge in [0.15, 0.2) is 0 Å². The van der Waals surface area contributed by atoms with Crippen LogP contribution in [0.2, 0.25) is 0 Å². The largest absolute Gasteiger partial charge is 0.497 e. The first-order valence-corrected chi connectivity index (χ1v) is 10.5. The average Bonchev–Trinajstić information content (AvgIpc) is 3.38. The summed E-state index contributed by atoms with van der Waals surface area (Å²) in [6, 6.07) is 5.92. The third-order valence-corrected chi connectivity index (χ3v) is 5.38. The van der Waals surface area contributed by atoms with Crippen molar-refractivity contribution < 1.29 is 14.6 Å². The minimum atomic E-state index is -0.496. The highest BCUT2D eigenvalue weighted by Crippen LogP contribution is 2.27. The summed E-state index contributed by atoms with van der Waals surface area (Å²) in [5.74, 6) is 1.53. The third-order valence-electron chi connectivity index (χ3n) is 5.38. The van der Waals surface area contributed by atoms with Crippen LogP contribution in [0, 0.1) is 0 Å². The van der Waals surface area contributed by atoms with Crippen LogP contribution in [0.25, 0.3) is 0 Å². The molecule has 7 nitrogen and oxygen atoms in total. The molecule has 3 rings (SSSR count). The van der Waals surface area contributed by atoms with Crippen LogP contribution in [-0.2, 0) is 20.1 Å². The Labute approximate surface area is 173 Å². The Bertz CT molecular complexity index is 758. The summed E-state index contributed by atoms with van der Waals surface area (Å²) in [6.45, 7) is 7.74. The molecule has 1 saturated heterocycles. The second-order valence-corrected chi connectivity index (χ2v) is 7.77. The third kappa shape index (κ3) is 6.45. The van der Waals surface area contributed by atoms with E-state index in [0.717, 1.165) is 49.8 Å². The van der Waals surface area contributed by atoms with Gasteiger partial charge >= 0.3 is 0 Å². The molecule has 0 amide bonds. The molecular formula is C22H34N4O3. The first-order chi connectivity index (χ1) is 14.1. The number of aliphatic hydroxyl groups excluding tert-OH is 1. The first-order valence-electron chi connectivity index (χ1n) is 10.5. The Hall–Kier alpha value is -2.09. The highest BCUT2D eigenvalue weighted by Gasteiger charge is 2.17. The molecule has 0 aliphatic carbocycles. The normalized spacial score (nSPS) is 15.8. The van der Waals surface area contributed by atoms with Gasteiger partial charge in [-0.3, -0.25) is 9.58 Å². The summed E-state index contributed by atoms with van der Waals surface area (Å²) in [4.78, 5) is 4.64. The molecule has 1 atom stereocenters. The molecule has 1 aliphatic heterocycles. The van der Waals surface area contributed by atoms with Crippen LogP contribution in [0.4, 0.5) is 0 Å². The van der Waals surface area contributed by atoms with Crippen LogP contribution in [0.15, 0.2) is 30.6 Å². The lowest BCUT2D eigenvalue weighted by atomic mass is 10.1. The molecule has 7 heteroatoms. The fourth-order valence-electron chi connectivity index (χ4n) is 3.76. The maximum Gasteiger partial charge on any atom is 0.127 e. The molecule has 0 bridgehead atoms. The fraction of sp³-hybridized carbons (Fsp3) is 0.591. The van der Waals surface area contributed by atoms with E-state index in [4.69, 9.17) is 9.47 Å². The SMILES string of the molecule is CCN(Cc1cnn(C)c1)Cc1ccc(OC)cc1OCC(O)CN1CCCC1. The van der Waals surface area contributed by atoms with Crippen molar-refractivity contribution in [3.8, 4) is 11.5 Å². The van der Waals surface area contributed by atoms with Gasteiger partial charge in [-0.2, -0.15) is 5.10 Å². The number of aromatic nitrogens is 2. The van der Waals surface area contributed by atoms with Gasteiger partial charge in [0.25, 0.3) is 0 Å². The number of aliphatic hydroxyl groups is 1. The first kappa shape index (κ1) is 21.6. The molecule has 2 heterocycles. The summed E-state index contributed by atoms with van der Waals surface area (Å²) in [5.41, 5.74) is 2.27. The van der Waals surface area contributed by atoms with Gasteiger partial charge in [-0.1, -0.05) is 13.0 Å². The molecule has 1 N–H and O–H groups in total. The van der Waals surface area contributed by atoms with E-state index in [1.807, 2.05) is 42.3 Å². The van der Waals surface area contributed by atoms with Crippen molar-refractivity contribution in [3.63, 3.8) is 0 Å². The van der Waals surface area contributed by atoms with E-state index in [9.17, 15) is 5.11 Å². The molecular weight excluding hydrogens is 368 g/mol. The highest BCUT2D eigenvalue weighted by molar-refractivity contribution is 5.40. The van der Waals surface area contributed by atoms with Crippen molar-refractivity contribution >= 4 is 0 Å². The molecule has 1 aromatic heterocycles. The summed E-state index contributed by atoms with van der Waals surface area (Å²) in [7, 11) is 3.59. The van der Waals surface area contributed by atoms with E-state index in [0.29, 0.717) is 6.54 Å². The zero-order valence-electron chi connectivity index (χ0n) is 17.9. The van der Waals surface area contributed by atoms with Gasteiger partial charge in [0.05, 0.1) is 13.3 Å². The number of rotatable bonds is 11. The minimum Gasteiger partial charge on any atom is -0.497 e. The van der Waals surface area contributed by atoms with E-state index in [2.05, 4.69) is 21.8 Å². The highest BCUT2D eigenvalue weighted by atomic mass is 16.5. The average molecular weight is 403 g/mol. The lowest BCUT2D eigenvalue weighted by Gasteiger charge is -2.23. The number of ether oxygens (including phenoxy) is 2. The Morgan fingerprint density at radius 3 is 2.69 bits per heavy atom. The van der Waals surface area contributed by atoms with Crippen molar-refractivity contribution in [3.05, 3.63) is 41.7 Å². The van der Waals surface area contributed by atoms with Crippen LogP contribution < -0.4 is 9.47 Å². The molecule has 1 aromatic carbocycles. The van der Waals surface area contributed by atoms with E-state index < -0.39 is 6.10 Å². The quantitative estimate of drug-likeness (QED) is 0.622. The van der Waals surface area contributed by atoms with Crippen LogP contribution in [0.1, 0.15) is 30.9 Å². The molecule has 0 radical (unpaired) electrons. The maximum atomic E-state index is 10.4. The lowest BCUT2D eigenvalue weighted by Crippen LogP contribution is -2.33. The number of hydrogen-bond donors (Lipinski definition) is 1. The molecule has 29 heavy (non-hydrogen) atoms. The number of likely N-dealkylation sites (tertiary alicyclic amines) is 1. The summed E-state index contributed by atoms with van der Waals surface area (Å²) < 4.78 is 13.3. The minimum absolute atomic E-state index is 0.283. The van der Waals surface area contributed by atoms with E-state index >= 15 is 0 Å². The lowest BCUT2D eigenvalue weighted by molar-refractivity contribution is 0.0749. The van der Waals surface area contributed by atoms with Crippen LogP contribution in [-0.4, -0.2) is 70.7 Å². The smallest absolute Gasteiger partial charge is 0.127 e. The fourth-order valence-corrected chi connectivity index (χ4v) is 3.76. The van der Waals surface area contributed by atoms with Gasteiger partial charge in [0.1, 0.15) is 24.2 Å². The summed E-state index contributed by atoms with van der Waals surface area (Å²) >= 11 is 0. The van der Waals surface area contributed by atoms with Crippen molar-refractivity contribution in [1.29, 1.82) is 0 Å². The van der Waals surface area contributed by atoms with Crippen LogP contribution in [0.3, 0.4) is 0 Å². The molecule has 0 spiro atoms.